The van der Waals surface area contributed by atoms with Crippen molar-refractivity contribution in [2.75, 3.05) is 0 Å². The summed E-state index contributed by atoms with van der Waals surface area (Å²) in [6.07, 6.45) is 2.99. The molecule has 5 rings (SSSR count). The van der Waals surface area contributed by atoms with Crippen LogP contribution in [0.15, 0.2) is 83.7 Å². The number of ketones is 1. The van der Waals surface area contributed by atoms with E-state index < -0.39 is 0 Å². The van der Waals surface area contributed by atoms with Gasteiger partial charge < -0.3 is 9.55 Å². The third kappa shape index (κ3) is 3.43. The number of para-hydroxylation sites is 2. The van der Waals surface area contributed by atoms with Gasteiger partial charge in [-0.2, -0.15) is 0 Å². The number of nitrogens with zero attached hydrogens (tertiary/aromatic N) is 2. The van der Waals surface area contributed by atoms with Crippen LogP contribution in [0.25, 0.3) is 39.1 Å². The molecule has 1 N–H and O–H groups in total. The fourth-order valence-electron chi connectivity index (χ4n) is 3.94. The Morgan fingerprint density at radius 3 is 2.56 bits per heavy atom. The van der Waals surface area contributed by atoms with E-state index in [2.05, 4.69) is 9.97 Å². The van der Waals surface area contributed by atoms with Gasteiger partial charge in [0, 0.05) is 23.0 Å². The normalized spacial score (nSPS) is 11.6. The van der Waals surface area contributed by atoms with Gasteiger partial charge >= 0.3 is 0 Å². The molecule has 0 atom stereocenters. The highest BCUT2D eigenvalue weighted by molar-refractivity contribution is 6.31. The maximum absolute atomic E-state index is 13.3. The van der Waals surface area contributed by atoms with Gasteiger partial charge in [0.15, 0.2) is 5.78 Å². The maximum atomic E-state index is 13.3. The van der Waals surface area contributed by atoms with Crippen LogP contribution in [0.4, 0.5) is 0 Å². The summed E-state index contributed by atoms with van der Waals surface area (Å²) in [5, 5.41) is 1.30. The van der Waals surface area contributed by atoms with Gasteiger partial charge in [-0.3, -0.25) is 9.59 Å². The van der Waals surface area contributed by atoms with Gasteiger partial charge in [-0.05, 0) is 42.0 Å². The molecule has 0 aliphatic heterocycles. The molecule has 0 aliphatic carbocycles. The zero-order valence-electron chi connectivity index (χ0n) is 17.2. The van der Waals surface area contributed by atoms with Gasteiger partial charge in [-0.15, -0.1) is 0 Å². The number of halogens is 1. The second-order valence-electron chi connectivity index (χ2n) is 7.48. The number of aromatic amines is 1. The number of allylic oxidation sites excluding steroid dienone is 1. The second kappa shape index (κ2) is 7.94. The summed E-state index contributed by atoms with van der Waals surface area (Å²) in [4.78, 5) is 34.3. The lowest BCUT2D eigenvalue weighted by Gasteiger charge is -2.15. The van der Waals surface area contributed by atoms with Crippen molar-refractivity contribution in [3.8, 4) is 11.1 Å². The molecule has 0 unspecified atom stereocenters. The van der Waals surface area contributed by atoms with Crippen LogP contribution in [-0.4, -0.2) is 20.3 Å². The number of imidazole rings is 1. The Balaban J connectivity index is 1.70. The molecule has 5 aromatic rings. The molecule has 0 saturated carbocycles. The van der Waals surface area contributed by atoms with Crippen molar-refractivity contribution in [3.05, 3.63) is 106 Å². The third-order valence-electron chi connectivity index (χ3n) is 5.47. The first kappa shape index (κ1) is 20.0. The molecule has 0 bridgehead atoms. The number of fused-ring (bicyclic) bond motifs is 2. The SMILES string of the molecule is Cn1c(=O)c(C(=O)/C=C/c2nc3ccccc3[nH]2)c(-c2ccccc2)c2ccc(Cl)cc21. The number of aryl methyl sites for hydroxylation is 1. The minimum atomic E-state index is -0.387. The number of aromatic nitrogens is 3. The summed E-state index contributed by atoms with van der Waals surface area (Å²) in [7, 11) is 1.65. The monoisotopic (exact) mass is 439 g/mol. The van der Waals surface area contributed by atoms with Crippen molar-refractivity contribution in [3.63, 3.8) is 0 Å². The highest BCUT2D eigenvalue weighted by Crippen LogP contribution is 2.32. The van der Waals surface area contributed by atoms with Crippen LogP contribution in [0.3, 0.4) is 0 Å². The average Bonchev–Trinajstić information content (AvgIpc) is 3.23. The molecule has 6 heteroatoms. The fourth-order valence-corrected chi connectivity index (χ4v) is 4.10. The molecular weight excluding hydrogens is 422 g/mol. The maximum Gasteiger partial charge on any atom is 0.262 e. The van der Waals surface area contributed by atoms with Crippen molar-refractivity contribution in [2.45, 2.75) is 0 Å². The molecule has 0 aliphatic rings. The standard InChI is InChI=1S/C26H18ClN3O2/c1-30-21-15-17(27)11-12-18(21)24(16-7-3-2-4-8-16)25(26(30)32)22(31)13-14-23-28-19-9-5-6-10-20(19)29-23/h2-15H,1H3,(H,28,29)/b14-13+. The Morgan fingerprint density at radius 1 is 1.03 bits per heavy atom. The van der Waals surface area contributed by atoms with E-state index in [1.807, 2.05) is 60.7 Å². The molecular formula is C26H18ClN3O2. The lowest BCUT2D eigenvalue weighted by Crippen LogP contribution is -2.25. The molecule has 156 valence electrons. The molecule has 0 amide bonds. The number of carbonyl (C=O) groups excluding carboxylic acids is 1. The number of rotatable bonds is 4. The third-order valence-corrected chi connectivity index (χ3v) is 5.70. The van der Waals surface area contributed by atoms with E-state index in [1.54, 1.807) is 25.3 Å². The van der Waals surface area contributed by atoms with E-state index in [1.165, 1.54) is 10.6 Å². The van der Waals surface area contributed by atoms with E-state index in [0.29, 0.717) is 21.9 Å². The Kier molecular flexibility index (Phi) is 4.96. The molecule has 0 saturated heterocycles. The minimum Gasteiger partial charge on any atom is -0.338 e. The van der Waals surface area contributed by atoms with Gasteiger partial charge in [0.1, 0.15) is 5.82 Å². The van der Waals surface area contributed by atoms with E-state index >= 15 is 0 Å². The lowest BCUT2D eigenvalue weighted by molar-refractivity contribution is 0.104. The molecule has 2 aromatic heterocycles. The number of H-pyrrole nitrogens is 1. The number of carbonyl (C=O) groups is 1. The average molecular weight is 440 g/mol. The zero-order valence-corrected chi connectivity index (χ0v) is 17.9. The van der Waals surface area contributed by atoms with Crippen LogP contribution < -0.4 is 5.56 Å². The molecule has 2 heterocycles. The molecule has 0 fully saturated rings. The quantitative estimate of drug-likeness (QED) is 0.291. The highest BCUT2D eigenvalue weighted by atomic mass is 35.5. The predicted molar refractivity (Wildman–Crippen MR) is 129 cm³/mol. The number of benzene rings is 3. The number of nitrogens with one attached hydrogen (secondary N) is 1. The summed E-state index contributed by atoms with van der Waals surface area (Å²) in [5.74, 6) is 0.159. The zero-order chi connectivity index (χ0) is 22.2. The Labute approximate surface area is 188 Å². The van der Waals surface area contributed by atoms with Crippen molar-refractivity contribution in [1.82, 2.24) is 14.5 Å². The van der Waals surface area contributed by atoms with Crippen molar-refractivity contribution < 1.29 is 4.79 Å². The predicted octanol–water partition coefficient (Wildman–Crippen LogP) is 5.63. The van der Waals surface area contributed by atoms with Gasteiger partial charge in [-0.25, -0.2) is 4.98 Å². The van der Waals surface area contributed by atoms with Crippen molar-refractivity contribution in [1.29, 1.82) is 0 Å². The highest BCUT2D eigenvalue weighted by Gasteiger charge is 2.21. The Bertz CT molecular complexity index is 1550. The number of hydrogen-bond acceptors (Lipinski definition) is 3. The van der Waals surface area contributed by atoms with Gasteiger partial charge in [-0.1, -0.05) is 60.1 Å². The second-order valence-corrected chi connectivity index (χ2v) is 7.91. The summed E-state index contributed by atoms with van der Waals surface area (Å²) >= 11 is 6.19. The first-order chi connectivity index (χ1) is 15.5. The first-order valence-electron chi connectivity index (χ1n) is 10.1. The number of hydrogen-bond donors (Lipinski definition) is 1. The van der Waals surface area contributed by atoms with E-state index in [0.717, 1.165) is 22.0 Å². The molecule has 3 aromatic carbocycles. The van der Waals surface area contributed by atoms with Crippen LogP contribution in [0.2, 0.25) is 5.02 Å². The molecule has 0 radical (unpaired) electrons. The van der Waals surface area contributed by atoms with Crippen LogP contribution in [0.1, 0.15) is 16.2 Å². The topological polar surface area (TPSA) is 67.8 Å². The first-order valence-corrected chi connectivity index (χ1v) is 10.5. The van der Waals surface area contributed by atoms with E-state index in [9.17, 15) is 9.59 Å². The van der Waals surface area contributed by atoms with Crippen molar-refractivity contribution >= 4 is 45.4 Å². The van der Waals surface area contributed by atoms with Crippen molar-refractivity contribution in [2.24, 2.45) is 7.05 Å². The molecule has 0 spiro atoms. The van der Waals surface area contributed by atoms with Crippen LogP contribution in [-0.2, 0) is 7.05 Å². The fraction of sp³-hybridized carbons (Fsp3) is 0.0385. The van der Waals surface area contributed by atoms with Gasteiger partial charge in [0.05, 0.1) is 22.1 Å². The van der Waals surface area contributed by atoms with Crippen LogP contribution in [0.5, 0.6) is 0 Å². The summed E-state index contributed by atoms with van der Waals surface area (Å²) < 4.78 is 1.47. The van der Waals surface area contributed by atoms with Crippen LogP contribution >= 0.6 is 11.6 Å². The Hall–Kier alpha value is -3.96. The summed E-state index contributed by atoms with van der Waals surface area (Å²) in [5.41, 5.74) is 3.47. The number of pyridine rings is 1. The Morgan fingerprint density at radius 2 is 1.78 bits per heavy atom. The smallest absolute Gasteiger partial charge is 0.262 e. The lowest BCUT2D eigenvalue weighted by atomic mass is 9.93. The largest absolute Gasteiger partial charge is 0.338 e. The van der Waals surface area contributed by atoms with Gasteiger partial charge in [0.2, 0.25) is 0 Å². The van der Waals surface area contributed by atoms with E-state index in [-0.39, 0.29) is 16.9 Å². The summed E-state index contributed by atoms with van der Waals surface area (Å²) in [6.45, 7) is 0. The molecule has 5 nitrogen and oxygen atoms in total. The van der Waals surface area contributed by atoms with E-state index in [4.69, 9.17) is 11.6 Å². The minimum absolute atomic E-state index is 0.112. The van der Waals surface area contributed by atoms with Crippen LogP contribution in [0, 0.1) is 0 Å². The van der Waals surface area contributed by atoms with Gasteiger partial charge in [0.25, 0.3) is 5.56 Å². The molecule has 32 heavy (non-hydrogen) atoms. The summed E-state index contributed by atoms with van der Waals surface area (Å²) in [6, 6.07) is 22.4.